The van der Waals surface area contributed by atoms with E-state index in [0.29, 0.717) is 17.0 Å². The van der Waals surface area contributed by atoms with Crippen LogP contribution in [0.15, 0.2) is 34.7 Å². The minimum atomic E-state index is 0.567. The highest BCUT2D eigenvalue weighted by Crippen LogP contribution is 2.31. The van der Waals surface area contributed by atoms with E-state index < -0.39 is 0 Å². The molecule has 2 heterocycles. The van der Waals surface area contributed by atoms with Crippen molar-refractivity contribution in [2.75, 3.05) is 13.1 Å². The maximum Gasteiger partial charge on any atom is 0.227 e. The van der Waals surface area contributed by atoms with Crippen molar-refractivity contribution in [2.45, 2.75) is 40.2 Å². The molecule has 0 aliphatic carbocycles. The van der Waals surface area contributed by atoms with E-state index in [9.17, 15) is 5.26 Å². The first-order chi connectivity index (χ1) is 13.0. The lowest BCUT2D eigenvalue weighted by Crippen LogP contribution is -2.32. The van der Waals surface area contributed by atoms with Crippen molar-refractivity contribution >= 4 is 11.1 Å². The summed E-state index contributed by atoms with van der Waals surface area (Å²) in [5.41, 5.74) is 6.41. The third kappa shape index (κ3) is 3.48. The topological polar surface area (TPSA) is 53.1 Å². The monoisotopic (exact) mass is 359 g/mol. The van der Waals surface area contributed by atoms with Crippen molar-refractivity contribution in [2.24, 2.45) is 5.92 Å². The highest BCUT2D eigenvalue weighted by molar-refractivity contribution is 5.83. The third-order valence-corrected chi connectivity index (χ3v) is 5.79. The first kappa shape index (κ1) is 17.8. The number of nitrogens with zero attached hydrogens (tertiary/aromatic N) is 3. The minimum Gasteiger partial charge on any atom is -0.435 e. The number of aromatic nitrogens is 1. The van der Waals surface area contributed by atoms with Gasteiger partial charge in [0.25, 0.3) is 0 Å². The van der Waals surface area contributed by atoms with Crippen LogP contribution in [0.2, 0.25) is 0 Å². The summed E-state index contributed by atoms with van der Waals surface area (Å²) < 4.78 is 6.02. The summed E-state index contributed by atoms with van der Waals surface area (Å²) >= 11 is 0. The fourth-order valence-electron chi connectivity index (χ4n) is 3.84. The zero-order valence-corrected chi connectivity index (χ0v) is 16.2. The first-order valence-electron chi connectivity index (χ1n) is 9.67. The Bertz CT molecular complexity index is 1020. The molecule has 0 N–H and O–H groups in total. The molecular formula is C23H25N3O. The molecule has 1 fully saturated rings. The molecule has 27 heavy (non-hydrogen) atoms. The van der Waals surface area contributed by atoms with E-state index in [2.05, 4.69) is 43.9 Å². The van der Waals surface area contributed by atoms with Gasteiger partial charge in [-0.15, -0.1) is 0 Å². The molecule has 3 aromatic rings. The molecule has 4 rings (SSSR count). The summed E-state index contributed by atoms with van der Waals surface area (Å²) in [5, 5.41) is 9.63. The number of aryl methyl sites for hydroxylation is 1. The van der Waals surface area contributed by atoms with Gasteiger partial charge in [0.05, 0.1) is 5.56 Å². The van der Waals surface area contributed by atoms with Crippen LogP contribution >= 0.6 is 0 Å². The second-order valence-corrected chi connectivity index (χ2v) is 7.83. The minimum absolute atomic E-state index is 0.567. The van der Waals surface area contributed by atoms with Crippen LogP contribution in [0.25, 0.3) is 22.6 Å². The van der Waals surface area contributed by atoms with Gasteiger partial charge in [-0.1, -0.05) is 19.1 Å². The molecule has 0 amide bonds. The van der Waals surface area contributed by atoms with Gasteiger partial charge in [-0.05, 0) is 80.6 Å². The molecule has 1 saturated heterocycles. The van der Waals surface area contributed by atoms with Crippen LogP contribution in [0.4, 0.5) is 0 Å². The Hall–Kier alpha value is -2.64. The van der Waals surface area contributed by atoms with E-state index >= 15 is 0 Å². The Morgan fingerprint density at radius 3 is 2.74 bits per heavy atom. The summed E-state index contributed by atoms with van der Waals surface area (Å²) in [6.45, 7) is 9.58. The van der Waals surface area contributed by atoms with Crippen molar-refractivity contribution in [3.63, 3.8) is 0 Å². The van der Waals surface area contributed by atoms with Gasteiger partial charge >= 0.3 is 0 Å². The molecule has 0 atom stereocenters. The lowest BCUT2D eigenvalue weighted by molar-refractivity contribution is 0.185. The predicted molar refractivity (Wildman–Crippen MR) is 107 cm³/mol. The molecular weight excluding hydrogens is 334 g/mol. The van der Waals surface area contributed by atoms with Crippen LogP contribution in [0.1, 0.15) is 42.0 Å². The fourth-order valence-corrected chi connectivity index (χ4v) is 3.84. The number of nitriles is 1. The smallest absolute Gasteiger partial charge is 0.227 e. The van der Waals surface area contributed by atoms with Gasteiger partial charge in [0, 0.05) is 12.1 Å². The molecule has 1 aliphatic rings. The zero-order valence-electron chi connectivity index (χ0n) is 16.2. The van der Waals surface area contributed by atoms with Crippen molar-refractivity contribution in [3.05, 3.63) is 52.6 Å². The van der Waals surface area contributed by atoms with Crippen LogP contribution in [0.5, 0.6) is 0 Å². The summed E-state index contributed by atoms with van der Waals surface area (Å²) in [4.78, 5) is 7.19. The largest absolute Gasteiger partial charge is 0.435 e. The lowest BCUT2D eigenvalue weighted by Gasteiger charge is -2.30. The molecule has 4 nitrogen and oxygen atoms in total. The SMILES string of the molecule is Cc1cccc(-c2nc3cc(CN4CCC(C)CC4)cc(C#N)c3o2)c1C. The maximum absolute atomic E-state index is 9.63. The molecule has 0 radical (unpaired) electrons. The molecule has 2 aromatic carbocycles. The Kier molecular flexibility index (Phi) is 4.72. The van der Waals surface area contributed by atoms with Crippen LogP contribution < -0.4 is 0 Å². The molecule has 138 valence electrons. The van der Waals surface area contributed by atoms with Crippen molar-refractivity contribution < 1.29 is 4.42 Å². The predicted octanol–water partition coefficient (Wildman–Crippen LogP) is 5.22. The van der Waals surface area contributed by atoms with Gasteiger partial charge in [0.15, 0.2) is 5.58 Å². The number of rotatable bonds is 3. The standard InChI is InChI=1S/C23H25N3O/c1-15-7-9-26(10-8-15)14-18-11-19(13-24)22-21(12-18)25-23(27-22)20-6-4-5-16(2)17(20)3/h4-6,11-12,15H,7-10,14H2,1-3H3. The number of piperidine rings is 1. The zero-order chi connectivity index (χ0) is 19.0. The van der Waals surface area contributed by atoms with Crippen LogP contribution in [0.3, 0.4) is 0 Å². The van der Waals surface area contributed by atoms with Crippen molar-refractivity contribution in [1.29, 1.82) is 5.26 Å². The van der Waals surface area contributed by atoms with E-state index in [4.69, 9.17) is 9.40 Å². The molecule has 0 saturated carbocycles. The summed E-state index contributed by atoms with van der Waals surface area (Å²) in [5.74, 6) is 1.40. The van der Waals surface area contributed by atoms with Crippen LogP contribution in [0, 0.1) is 31.1 Å². The number of oxazole rings is 1. The average Bonchev–Trinajstić information content (AvgIpc) is 3.09. The Morgan fingerprint density at radius 2 is 2.00 bits per heavy atom. The van der Waals surface area contributed by atoms with Crippen LogP contribution in [-0.4, -0.2) is 23.0 Å². The Balaban J connectivity index is 1.71. The van der Waals surface area contributed by atoms with Gasteiger partial charge in [-0.2, -0.15) is 5.26 Å². The second kappa shape index (κ2) is 7.17. The molecule has 0 spiro atoms. The molecule has 1 aliphatic heterocycles. The molecule has 4 heteroatoms. The van der Waals surface area contributed by atoms with E-state index in [1.807, 2.05) is 18.2 Å². The van der Waals surface area contributed by atoms with Gasteiger partial charge in [-0.25, -0.2) is 4.98 Å². The van der Waals surface area contributed by atoms with Crippen LogP contribution in [-0.2, 0) is 6.54 Å². The normalized spacial score (nSPS) is 15.9. The van der Waals surface area contributed by atoms with E-state index in [0.717, 1.165) is 47.8 Å². The Labute approximate surface area is 160 Å². The quantitative estimate of drug-likeness (QED) is 0.644. The van der Waals surface area contributed by atoms with E-state index in [1.165, 1.54) is 18.4 Å². The third-order valence-electron chi connectivity index (χ3n) is 5.79. The van der Waals surface area contributed by atoms with Gasteiger partial charge in [-0.3, -0.25) is 4.90 Å². The Morgan fingerprint density at radius 1 is 1.22 bits per heavy atom. The number of likely N-dealkylation sites (tertiary alicyclic amines) is 1. The van der Waals surface area contributed by atoms with Gasteiger partial charge < -0.3 is 4.42 Å². The summed E-state index contributed by atoms with van der Waals surface area (Å²) in [6.07, 6.45) is 2.49. The number of hydrogen-bond donors (Lipinski definition) is 0. The molecule has 1 aromatic heterocycles. The number of hydrogen-bond acceptors (Lipinski definition) is 4. The maximum atomic E-state index is 9.63. The van der Waals surface area contributed by atoms with E-state index in [-0.39, 0.29) is 0 Å². The number of benzene rings is 2. The summed E-state index contributed by atoms with van der Waals surface area (Å²) in [6, 6.07) is 12.4. The molecule has 0 unspecified atom stereocenters. The first-order valence-corrected chi connectivity index (χ1v) is 9.67. The fraction of sp³-hybridized carbons (Fsp3) is 0.391. The van der Waals surface area contributed by atoms with Gasteiger partial charge in [0.2, 0.25) is 5.89 Å². The van der Waals surface area contributed by atoms with E-state index in [1.54, 1.807) is 0 Å². The highest BCUT2D eigenvalue weighted by atomic mass is 16.3. The lowest BCUT2D eigenvalue weighted by atomic mass is 9.98. The van der Waals surface area contributed by atoms with Crippen molar-refractivity contribution in [3.8, 4) is 17.5 Å². The summed E-state index contributed by atoms with van der Waals surface area (Å²) in [7, 11) is 0. The number of fused-ring (bicyclic) bond motifs is 1. The van der Waals surface area contributed by atoms with Gasteiger partial charge in [0.1, 0.15) is 11.6 Å². The van der Waals surface area contributed by atoms with Crippen molar-refractivity contribution in [1.82, 2.24) is 9.88 Å². The second-order valence-electron chi connectivity index (χ2n) is 7.83. The molecule has 0 bridgehead atoms. The highest BCUT2D eigenvalue weighted by Gasteiger charge is 2.19. The average molecular weight is 359 g/mol.